The number of hydrogen-bond acceptors (Lipinski definition) is 6. The number of carbonyl (C=O) groups excluding carboxylic acids is 2. The molecule has 9 nitrogen and oxygen atoms in total. The zero-order valence-corrected chi connectivity index (χ0v) is 28.8. The molecule has 3 aliphatic heterocycles. The van der Waals surface area contributed by atoms with Crippen molar-refractivity contribution in [2.24, 2.45) is 5.92 Å². The van der Waals surface area contributed by atoms with E-state index in [0.29, 0.717) is 17.2 Å². The second-order valence-electron chi connectivity index (χ2n) is 14.5. The summed E-state index contributed by atoms with van der Waals surface area (Å²) in [6.45, 7) is 13.4. The highest BCUT2D eigenvalue weighted by Crippen LogP contribution is 2.47. The molecule has 0 atom stereocenters. The molecule has 254 valence electrons. The summed E-state index contributed by atoms with van der Waals surface area (Å²) >= 11 is 0. The van der Waals surface area contributed by atoms with E-state index >= 15 is 0 Å². The highest BCUT2D eigenvalue weighted by molar-refractivity contribution is 6.07. The van der Waals surface area contributed by atoms with Gasteiger partial charge in [-0.15, -0.1) is 0 Å². The number of benzene rings is 2. The third-order valence-corrected chi connectivity index (χ3v) is 11.3. The highest BCUT2D eigenvalue weighted by atomic mass is 16.5. The van der Waals surface area contributed by atoms with Crippen molar-refractivity contribution < 1.29 is 14.3 Å². The molecular weight excluding hydrogens is 602 g/mol. The van der Waals surface area contributed by atoms with Crippen LogP contribution in [0.25, 0.3) is 11.1 Å². The number of fused-ring (bicyclic) bond motifs is 2. The summed E-state index contributed by atoms with van der Waals surface area (Å²) in [6.07, 6.45) is 6.23. The monoisotopic (exact) mass is 651 g/mol. The van der Waals surface area contributed by atoms with E-state index in [2.05, 4.69) is 56.6 Å². The molecule has 7 rings (SSSR count). The number of likely N-dealkylation sites (tertiary alicyclic amines) is 1. The second kappa shape index (κ2) is 13.2. The fourth-order valence-electron chi connectivity index (χ4n) is 8.28. The van der Waals surface area contributed by atoms with E-state index in [1.807, 2.05) is 32.9 Å². The summed E-state index contributed by atoms with van der Waals surface area (Å²) in [5.74, 6) is 0.745. The number of carbonyl (C=O) groups is 2. The van der Waals surface area contributed by atoms with E-state index in [-0.39, 0.29) is 23.9 Å². The van der Waals surface area contributed by atoms with Gasteiger partial charge in [0.1, 0.15) is 0 Å². The number of amides is 2. The van der Waals surface area contributed by atoms with Crippen LogP contribution in [0.3, 0.4) is 0 Å². The Kier molecular flexibility index (Phi) is 8.94. The summed E-state index contributed by atoms with van der Waals surface area (Å²) in [5.41, 5.74) is 7.94. The van der Waals surface area contributed by atoms with Gasteiger partial charge >= 0.3 is 0 Å². The van der Waals surface area contributed by atoms with Gasteiger partial charge in [-0.3, -0.25) is 14.4 Å². The molecule has 1 aromatic heterocycles. The van der Waals surface area contributed by atoms with Crippen LogP contribution in [0, 0.1) is 26.7 Å². The quantitative estimate of drug-likeness (QED) is 0.278. The minimum absolute atomic E-state index is 0.114. The number of anilines is 2. The van der Waals surface area contributed by atoms with Crippen LogP contribution < -0.4 is 21.1 Å². The summed E-state index contributed by atoms with van der Waals surface area (Å²) < 4.78 is 5.68. The average Bonchev–Trinajstić information content (AvgIpc) is 3.86. The van der Waals surface area contributed by atoms with E-state index in [0.717, 1.165) is 109 Å². The lowest BCUT2D eigenvalue weighted by atomic mass is 9.73. The summed E-state index contributed by atoms with van der Waals surface area (Å²) in [4.78, 5) is 48.0. The number of pyridine rings is 1. The molecule has 48 heavy (non-hydrogen) atoms. The first kappa shape index (κ1) is 32.6. The molecule has 3 fully saturated rings. The zero-order valence-electron chi connectivity index (χ0n) is 28.8. The van der Waals surface area contributed by atoms with E-state index in [1.165, 1.54) is 19.4 Å². The van der Waals surface area contributed by atoms with Crippen molar-refractivity contribution in [2.45, 2.75) is 84.2 Å². The number of nitrogens with zero attached hydrogens (tertiary/aromatic N) is 2. The Hall–Kier alpha value is -3.95. The number of aromatic amines is 1. The molecule has 4 aliphatic rings. The SMILES string of the molecule is CCN(c1cc(-c2ccc3c(c2)NC(=O)C32CCN(CC3CC3)CC2)cc(C(=O)NCc2c(C)cc(C)[nH]c2=O)c1C)C1CCOCC1. The standard InChI is InChI=1S/C39H49N5O4/c1-5-44(30-10-16-48-17-11-30)35-21-29(19-31(26(35)4)36(45)40-22-32-24(2)18-25(3)41-37(32)46)28-8-9-33-34(20-28)42-38(47)39(33)12-14-43(15-13-39)23-27-6-7-27/h8-9,18-21,27,30H,5-7,10-17,22-23H2,1-4H3,(H,40,45)(H,41,46)(H,42,47). The molecule has 3 N–H and O–H groups in total. The van der Waals surface area contributed by atoms with Gasteiger partial charge in [0.2, 0.25) is 5.91 Å². The third-order valence-electron chi connectivity index (χ3n) is 11.3. The number of nitrogens with one attached hydrogen (secondary N) is 3. The molecule has 2 amide bonds. The van der Waals surface area contributed by atoms with Crippen LogP contribution in [0.1, 0.15) is 83.8 Å². The van der Waals surface area contributed by atoms with Gasteiger partial charge < -0.3 is 30.2 Å². The Morgan fingerprint density at radius 2 is 1.75 bits per heavy atom. The molecule has 2 aromatic carbocycles. The normalized spacial score (nSPS) is 19.3. The largest absolute Gasteiger partial charge is 0.381 e. The topological polar surface area (TPSA) is 107 Å². The maximum atomic E-state index is 14.0. The minimum atomic E-state index is -0.467. The van der Waals surface area contributed by atoms with Crippen LogP contribution in [0.5, 0.6) is 0 Å². The molecule has 1 spiro atoms. The Balaban J connectivity index is 1.22. The van der Waals surface area contributed by atoms with Crippen molar-refractivity contribution in [1.29, 1.82) is 0 Å². The second-order valence-corrected chi connectivity index (χ2v) is 14.5. The smallest absolute Gasteiger partial charge is 0.253 e. The molecule has 0 radical (unpaired) electrons. The number of H-pyrrole nitrogens is 1. The van der Waals surface area contributed by atoms with Crippen molar-refractivity contribution in [2.75, 3.05) is 49.6 Å². The van der Waals surface area contributed by atoms with Crippen molar-refractivity contribution in [3.63, 3.8) is 0 Å². The van der Waals surface area contributed by atoms with Crippen molar-refractivity contribution in [3.05, 3.63) is 80.3 Å². The van der Waals surface area contributed by atoms with Gasteiger partial charge in [-0.05, 0) is 137 Å². The Morgan fingerprint density at radius 1 is 1.00 bits per heavy atom. The lowest BCUT2D eigenvalue weighted by Crippen LogP contribution is -2.46. The highest BCUT2D eigenvalue weighted by Gasteiger charge is 2.48. The Labute approximate surface area is 283 Å². The lowest BCUT2D eigenvalue weighted by Gasteiger charge is -2.38. The van der Waals surface area contributed by atoms with E-state index in [1.54, 1.807) is 0 Å². The van der Waals surface area contributed by atoms with E-state index < -0.39 is 5.41 Å². The number of ether oxygens (including phenoxy) is 1. The van der Waals surface area contributed by atoms with Gasteiger partial charge in [-0.2, -0.15) is 0 Å². The molecule has 0 unspecified atom stereocenters. The predicted molar refractivity (Wildman–Crippen MR) is 190 cm³/mol. The van der Waals surface area contributed by atoms with Gasteiger partial charge in [-0.1, -0.05) is 12.1 Å². The fourth-order valence-corrected chi connectivity index (χ4v) is 8.28. The van der Waals surface area contributed by atoms with E-state index in [9.17, 15) is 14.4 Å². The maximum Gasteiger partial charge on any atom is 0.253 e. The first-order valence-corrected chi connectivity index (χ1v) is 17.8. The first-order chi connectivity index (χ1) is 23.2. The first-order valence-electron chi connectivity index (χ1n) is 17.8. The van der Waals surface area contributed by atoms with Crippen LogP contribution in [-0.4, -0.2) is 67.1 Å². The molecular formula is C39H49N5O4. The van der Waals surface area contributed by atoms with Crippen LogP contribution in [-0.2, 0) is 21.5 Å². The van der Waals surface area contributed by atoms with Crippen LogP contribution >= 0.6 is 0 Å². The number of aromatic nitrogens is 1. The van der Waals surface area contributed by atoms with E-state index in [4.69, 9.17) is 4.74 Å². The Morgan fingerprint density at radius 3 is 2.44 bits per heavy atom. The maximum absolute atomic E-state index is 14.0. The molecule has 0 bridgehead atoms. The van der Waals surface area contributed by atoms with Gasteiger partial charge in [0, 0.05) is 67.1 Å². The average molecular weight is 652 g/mol. The van der Waals surface area contributed by atoms with Crippen LogP contribution in [0.15, 0.2) is 41.2 Å². The van der Waals surface area contributed by atoms with Crippen molar-refractivity contribution in [1.82, 2.24) is 15.2 Å². The van der Waals surface area contributed by atoms with Crippen LogP contribution in [0.2, 0.25) is 0 Å². The number of hydrogen-bond donors (Lipinski definition) is 3. The number of piperidine rings is 1. The zero-order chi connectivity index (χ0) is 33.6. The molecule has 1 aliphatic carbocycles. The van der Waals surface area contributed by atoms with Gasteiger partial charge in [-0.25, -0.2) is 0 Å². The molecule has 9 heteroatoms. The number of rotatable bonds is 9. The summed E-state index contributed by atoms with van der Waals surface area (Å²) in [5, 5.41) is 6.29. The number of aryl methyl sites for hydroxylation is 2. The molecule has 4 heterocycles. The molecule has 2 saturated heterocycles. The Bertz CT molecular complexity index is 1780. The van der Waals surface area contributed by atoms with Crippen LogP contribution in [0.4, 0.5) is 11.4 Å². The molecule has 3 aromatic rings. The summed E-state index contributed by atoms with van der Waals surface area (Å²) in [7, 11) is 0. The minimum Gasteiger partial charge on any atom is -0.381 e. The summed E-state index contributed by atoms with van der Waals surface area (Å²) in [6, 6.07) is 12.7. The van der Waals surface area contributed by atoms with Gasteiger partial charge in [0.05, 0.1) is 5.41 Å². The third kappa shape index (κ3) is 6.18. The fraction of sp³-hybridized carbons (Fsp3) is 0.513. The van der Waals surface area contributed by atoms with Gasteiger partial charge in [0.15, 0.2) is 0 Å². The van der Waals surface area contributed by atoms with Crippen molar-refractivity contribution in [3.8, 4) is 11.1 Å². The molecule has 1 saturated carbocycles. The van der Waals surface area contributed by atoms with Gasteiger partial charge in [0.25, 0.3) is 11.5 Å². The lowest BCUT2D eigenvalue weighted by molar-refractivity contribution is -0.122. The predicted octanol–water partition coefficient (Wildman–Crippen LogP) is 5.60. The van der Waals surface area contributed by atoms with Crippen molar-refractivity contribution >= 4 is 23.2 Å².